The van der Waals surface area contributed by atoms with E-state index in [1.54, 1.807) is 0 Å². The van der Waals surface area contributed by atoms with Crippen molar-refractivity contribution in [3.63, 3.8) is 0 Å². The van der Waals surface area contributed by atoms with E-state index >= 15 is 0 Å². The summed E-state index contributed by atoms with van der Waals surface area (Å²) in [6.07, 6.45) is 0.783. The molecule has 0 amide bonds. The molecule has 3 aliphatic rings. The number of carbonyl (C=O) groups is 1. The molecule has 1 spiro atoms. The molecule has 2 aromatic rings. The molecule has 198 valence electrons. The summed E-state index contributed by atoms with van der Waals surface area (Å²) in [6, 6.07) is 17.0. The fourth-order valence-electron chi connectivity index (χ4n) is 4.32. The van der Waals surface area contributed by atoms with Crippen LogP contribution in [0.2, 0.25) is 5.02 Å². The number of nitrogens with zero attached hydrogens (tertiary/aromatic N) is 2. The van der Waals surface area contributed by atoms with Gasteiger partial charge in [-0.25, -0.2) is 4.79 Å². The Morgan fingerprint density at radius 3 is 2.27 bits per heavy atom. The van der Waals surface area contributed by atoms with Crippen molar-refractivity contribution in [1.82, 2.24) is 4.90 Å². The van der Waals surface area contributed by atoms with Gasteiger partial charge in [-0.3, -0.25) is 4.90 Å². The number of hydrogen-bond donors (Lipinski definition) is 1. The molecule has 0 aromatic heterocycles. The van der Waals surface area contributed by atoms with Crippen molar-refractivity contribution in [2.75, 3.05) is 13.1 Å². The SMILES string of the molecule is Clc1ccc(C2CC2)cc1CN1CCC2(CC1)CC(c1ccccc1)=NO2.O=C(O)C(F)(F)F.O=C=O. The number of carboxylic acids is 1. The molecule has 37 heavy (non-hydrogen) atoms. The number of hydrogen-bond acceptors (Lipinski definition) is 6. The van der Waals surface area contributed by atoms with Crippen molar-refractivity contribution in [3.8, 4) is 0 Å². The summed E-state index contributed by atoms with van der Waals surface area (Å²) in [5.74, 6) is -1.99. The van der Waals surface area contributed by atoms with Crippen LogP contribution in [0.25, 0.3) is 0 Å². The molecule has 5 rings (SSSR count). The number of piperidine rings is 1. The number of rotatable bonds is 4. The molecule has 1 saturated heterocycles. The van der Waals surface area contributed by atoms with Crippen molar-refractivity contribution in [2.24, 2.45) is 5.16 Å². The molecule has 1 N–H and O–H groups in total. The maximum absolute atomic E-state index is 10.6. The summed E-state index contributed by atoms with van der Waals surface area (Å²) in [4.78, 5) is 33.6. The first-order chi connectivity index (χ1) is 17.6. The standard InChI is InChI=1S/C23H25ClN2O.C2HF3O2.CO2/c24-21-9-8-19(17-6-7-17)14-20(21)16-26-12-10-23(11-13-26)15-22(25-27-23)18-4-2-1-3-5-18;3-2(4,5)1(6)7;2-1-3/h1-5,8-9,14,17H,6-7,10-13,15-16H2;(H,6,7);. The molecule has 0 unspecified atom stereocenters. The van der Waals surface area contributed by atoms with Crippen LogP contribution < -0.4 is 0 Å². The van der Waals surface area contributed by atoms with Crippen LogP contribution in [0, 0.1) is 0 Å². The summed E-state index contributed by atoms with van der Waals surface area (Å²) in [7, 11) is 0. The molecular formula is C26H26ClF3N2O5. The summed E-state index contributed by atoms with van der Waals surface area (Å²) >= 11 is 6.48. The highest BCUT2D eigenvalue weighted by Crippen LogP contribution is 2.41. The van der Waals surface area contributed by atoms with Crippen LogP contribution in [0.5, 0.6) is 0 Å². The highest BCUT2D eigenvalue weighted by Gasteiger charge is 2.42. The number of carboxylic acid groups (broad SMARTS) is 1. The molecule has 1 aliphatic carbocycles. The van der Waals surface area contributed by atoms with Gasteiger partial charge in [0, 0.05) is 43.9 Å². The Hall–Kier alpha value is -3.20. The molecule has 2 heterocycles. The van der Waals surface area contributed by atoms with Crippen molar-refractivity contribution in [3.05, 3.63) is 70.2 Å². The summed E-state index contributed by atoms with van der Waals surface area (Å²) < 4.78 is 31.7. The topological polar surface area (TPSA) is 96.3 Å². The third-order valence-electron chi connectivity index (χ3n) is 6.47. The van der Waals surface area contributed by atoms with Gasteiger partial charge in [-0.05, 0) is 41.5 Å². The molecule has 11 heteroatoms. The third kappa shape index (κ3) is 8.15. The van der Waals surface area contributed by atoms with Gasteiger partial charge in [-0.2, -0.15) is 22.8 Å². The summed E-state index contributed by atoms with van der Waals surface area (Å²) in [5, 5.41) is 12.4. The van der Waals surface area contributed by atoms with Gasteiger partial charge in [-0.1, -0.05) is 59.2 Å². The van der Waals surface area contributed by atoms with Crippen LogP contribution in [-0.4, -0.2) is 52.7 Å². The minimum Gasteiger partial charge on any atom is -0.475 e. The Kier molecular flexibility index (Phi) is 9.48. The van der Waals surface area contributed by atoms with Crippen LogP contribution in [0.3, 0.4) is 0 Å². The predicted octanol–water partition coefficient (Wildman–Crippen LogP) is 5.43. The normalized spacial score (nSPS) is 18.3. The second-order valence-corrected chi connectivity index (χ2v) is 9.55. The van der Waals surface area contributed by atoms with E-state index in [4.69, 9.17) is 35.9 Å². The third-order valence-corrected chi connectivity index (χ3v) is 6.84. The first kappa shape index (κ1) is 28.4. The van der Waals surface area contributed by atoms with E-state index in [1.165, 1.54) is 29.5 Å². The summed E-state index contributed by atoms with van der Waals surface area (Å²) in [6.45, 7) is 2.99. The zero-order chi connectivity index (χ0) is 27.1. The van der Waals surface area contributed by atoms with Gasteiger partial charge in [0.25, 0.3) is 0 Å². The molecule has 2 aliphatic heterocycles. The number of likely N-dealkylation sites (tertiary alicyclic amines) is 1. The molecule has 0 bridgehead atoms. The first-order valence-corrected chi connectivity index (χ1v) is 12.1. The lowest BCUT2D eigenvalue weighted by atomic mass is 9.85. The number of aliphatic carboxylic acids is 1. The number of alkyl halides is 3. The molecule has 2 aromatic carbocycles. The highest BCUT2D eigenvalue weighted by molar-refractivity contribution is 6.31. The maximum atomic E-state index is 10.6. The van der Waals surface area contributed by atoms with Crippen LogP contribution in [0.15, 0.2) is 53.7 Å². The summed E-state index contributed by atoms with van der Waals surface area (Å²) in [5.41, 5.74) is 4.89. The van der Waals surface area contributed by atoms with Crippen molar-refractivity contribution < 1.29 is 37.5 Å². The van der Waals surface area contributed by atoms with E-state index in [9.17, 15) is 13.2 Å². The zero-order valence-electron chi connectivity index (χ0n) is 19.8. The smallest absolute Gasteiger partial charge is 0.475 e. The second-order valence-electron chi connectivity index (χ2n) is 9.14. The number of carbonyl (C=O) groups excluding carboxylic acids is 2. The van der Waals surface area contributed by atoms with E-state index < -0.39 is 12.1 Å². The molecule has 0 atom stereocenters. The largest absolute Gasteiger partial charge is 0.490 e. The molecule has 7 nitrogen and oxygen atoms in total. The fraction of sp³-hybridized carbons (Fsp3) is 0.423. The van der Waals surface area contributed by atoms with Crippen molar-refractivity contribution in [2.45, 2.75) is 56.3 Å². The molecule has 2 fully saturated rings. The van der Waals surface area contributed by atoms with E-state index in [0.717, 1.165) is 55.5 Å². The Balaban J connectivity index is 0.000000327. The van der Waals surface area contributed by atoms with Gasteiger partial charge in [-0.15, -0.1) is 0 Å². The molecule has 0 radical (unpaired) electrons. The minimum atomic E-state index is -5.08. The van der Waals surface area contributed by atoms with Crippen LogP contribution >= 0.6 is 11.6 Å². The zero-order valence-corrected chi connectivity index (χ0v) is 20.6. The lowest BCUT2D eigenvalue weighted by Crippen LogP contribution is -2.44. The molecule has 1 saturated carbocycles. The van der Waals surface area contributed by atoms with E-state index in [0.29, 0.717) is 0 Å². The number of oxime groups is 1. The van der Waals surface area contributed by atoms with E-state index in [1.807, 2.05) is 6.07 Å². The average molecular weight is 539 g/mol. The highest BCUT2D eigenvalue weighted by atomic mass is 35.5. The number of benzene rings is 2. The Bertz CT molecular complexity index is 1140. The predicted molar refractivity (Wildman–Crippen MR) is 128 cm³/mol. The Labute approximate surface area is 216 Å². The Morgan fingerprint density at radius 1 is 1.14 bits per heavy atom. The second kappa shape index (κ2) is 12.4. The van der Waals surface area contributed by atoms with Gasteiger partial charge < -0.3 is 9.94 Å². The quantitative estimate of drug-likeness (QED) is 0.558. The molecular weight excluding hydrogens is 513 g/mol. The van der Waals surface area contributed by atoms with Gasteiger partial charge in [0.1, 0.15) is 5.60 Å². The Morgan fingerprint density at radius 2 is 1.73 bits per heavy atom. The van der Waals surface area contributed by atoms with E-state index in [-0.39, 0.29) is 11.8 Å². The van der Waals surface area contributed by atoms with Crippen molar-refractivity contribution in [1.29, 1.82) is 0 Å². The van der Waals surface area contributed by atoms with Gasteiger partial charge in [0.15, 0.2) is 0 Å². The lowest BCUT2D eigenvalue weighted by Gasteiger charge is -2.37. The first-order valence-electron chi connectivity index (χ1n) is 11.7. The minimum absolute atomic E-state index is 0.110. The maximum Gasteiger partial charge on any atom is 0.490 e. The monoisotopic (exact) mass is 538 g/mol. The number of halogens is 4. The van der Waals surface area contributed by atoms with Crippen LogP contribution in [0.4, 0.5) is 13.2 Å². The van der Waals surface area contributed by atoms with Crippen molar-refractivity contribution >= 4 is 29.4 Å². The van der Waals surface area contributed by atoms with Crippen LogP contribution in [-0.2, 0) is 25.8 Å². The fourth-order valence-corrected chi connectivity index (χ4v) is 4.50. The van der Waals surface area contributed by atoms with Gasteiger partial charge in [0.2, 0.25) is 0 Å². The van der Waals surface area contributed by atoms with Gasteiger partial charge >= 0.3 is 18.3 Å². The van der Waals surface area contributed by atoms with E-state index in [2.05, 4.69) is 52.5 Å². The van der Waals surface area contributed by atoms with Crippen LogP contribution in [0.1, 0.15) is 54.7 Å². The average Bonchev–Trinajstić information content (AvgIpc) is 3.64. The van der Waals surface area contributed by atoms with Gasteiger partial charge in [0.05, 0.1) is 5.71 Å². The lowest BCUT2D eigenvalue weighted by molar-refractivity contribution is -0.193.